The molecule has 0 aliphatic carbocycles. The van der Waals surface area contributed by atoms with Crippen LogP contribution in [-0.2, 0) is 10.0 Å². The Balaban J connectivity index is 1.40. The van der Waals surface area contributed by atoms with Crippen LogP contribution < -0.4 is 9.64 Å². The van der Waals surface area contributed by atoms with E-state index in [2.05, 4.69) is 14.9 Å². The van der Waals surface area contributed by atoms with E-state index in [0.717, 1.165) is 29.8 Å². The van der Waals surface area contributed by atoms with Gasteiger partial charge < -0.3 is 9.64 Å². The highest BCUT2D eigenvalue weighted by Gasteiger charge is 2.32. The fraction of sp³-hybridized carbons (Fsp3) is 0.238. The van der Waals surface area contributed by atoms with E-state index in [4.69, 9.17) is 11.6 Å². The first kappa shape index (κ1) is 23.3. The Morgan fingerprint density at radius 3 is 2.12 bits per heavy atom. The number of benzene rings is 2. The van der Waals surface area contributed by atoms with Gasteiger partial charge in [-0.05, 0) is 42.5 Å². The van der Waals surface area contributed by atoms with Crippen molar-refractivity contribution in [2.24, 2.45) is 0 Å². The molecule has 0 unspecified atom stereocenters. The molecule has 1 aliphatic heterocycles. The van der Waals surface area contributed by atoms with E-state index in [0.29, 0.717) is 29.6 Å². The first-order valence-corrected chi connectivity index (χ1v) is 11.6. The monoisotopic (exact) mass is 498 g/mol. The van der Waals surface area contributed by atoms with E-state index in [9.17, 15) is 21.6 Å². The summed E-state index contributed by atoms with van der Waals surface area (Å²) < 4.78 is 67.7. The second kappa shape index (κ2) is 9.16. The minimum Gasteiger partial charge on any atom is -0.406 e. The normalized spacial score (nSPS) is 15.5. The van der Waals surface area contributed by atoms with Crippen molar-refractivity contribution in [2.75, 3.05) is 31.1 Å². The van der Waals surface area contributed by atoms with Gasteiger partial charge in [0.25, 0.3) is 0 Å². The number of nitrogens with zero attached hydrogens (tertiary/aromatic N) is 4. The molecule has 2 heterocycles. The second-order valence-corrected chi connectivity index (χ2v) is 9.51. The van der Waals surface area contributed by atoms with Crippen LogP contribution in [0, 0.1) is 0 Å². The third-order valence-electron chi connectivity index (χ3n) is 5.06. The van der Waals surface area contributed by atoms with Crippen LogP contribution in [0.25, 0.3) is 11.3 Å². The first-order valence-electron chi connectivity index (χ1n) is 9.83. The Kier molecular flexibility index (Phi) is 6.46. The van der Waals surface area contributed by atoms with Crippen molar-refractivity contribution < 1.29 is 26.3 Å². The van der Waals surface area contributed by atoms with E-state index in [1.54, 1.807) is 18.2 Å². The lowest BCUT2D eigenvalue weighted by Crippen LogP contribution is -2.49. The first-order chi connectivity index (χ1) is 15.6. The summed E-state index contributed by atoms with van der Waals surface area (Å²) in [7, 11) is -3.86. The van der Waals surface area contributed by atoms with Gasteiger partial charge in [-0.3, -0.25) is 0 Å². The smallest absolute Gasteiger partial charge is 0.406 e. The molecule has 2 aromatic carbocycles. The molecule has 3 aromatic rings. The van der Waals surface area contributed by atoms with Gasteiger partial charge in [0.2, 0.25) is 10.0 Å². The Bertz CT molecular complexity index is 1210. The average molecular weight is 499 g/mol. The second-order valence-electron chi connectivity index (χ2n) is 7.17. The highest BCUT2D eigenvalue weighted by atomic mass is 35.5. The molecule has 1 aromatic heterocycles. The molecule has 0 amide bonds. The van der Waals surface area contributed by atoms with Gasteiger partial charge in [0.1, 0.15) is 5.75 Å². The standard InChI is InChI=1S/C21H18ClF3N4O3S/c22-18-4-2-1-3-17(18)19-9-10-20(27-26-19)28-11-13-29(14-12-28)33(30,31)16-7-5-15(6-8-16)32-21(23,24)25/h1-10H,11-14H2. The number of sulfonamides is 1. The molecule has 0 spiro atoms. The van der Waals surface area contributed by atoms with Crippen molar-refractivity contribution in [3.8, 4) is 17.0 Å². The maximum atomic E-state index is 12.9. The molecule has 1 fully saturated rings. The lowest BCUT2D eigenvalue weighted by atomic mass is 10.1. The van der Waals surface area contributed by atoms with Crippen LogP contribution in [0.4, 0.5) is 19.0 Å². The van der Waals surface area contributed by atoms with Gasteiger partial charge in [0, 0.05) is 31.7 Å². The molecule has 12 heteroatoms. The number of aromatic nitrogens is 2. The molecule has 0 saturated carbocycles. The zero-order valence-electron chi connectivity index (χ0n) is 17.0. The summed E-state index contributed by atoms with van der Waals surface area (Å²) in [5.41, 5.74) is 1.39. The van der Waals surface area contributed by atoms with Gasteiger partial charge in [-0.15, -0.1) is 23.4 Å². The Hall–Kier alpha value is -2.89. The van der Waals surface area contributed by atoms with E-state index in [1.165, 1.54) is 4.31 Å². The lowest BCUT2D eigenvalue weighted by molar-refractivity contribution is -0.274. The Labute approximate surface area is 193 Å². The Morgan fingerprint density at radius 2 is 1.55 bits per heavy atom. The van der Waals surface area contributed by atoms with Gasteiger partial charge in [-0.1, -0.05) is 29.8 Å². The molecule has 4 rings (SSSR count). The molecule has 0 bridgehead atoms. The van der Waals surface area contributed by atoms with Gasteiger partial charge in [-0.2, -0.15) is 4.31 Å². The van der Waals surface area contributed by atoms with E-state index < -0.39 is 22.1 Å². The summed E-state index contributed by atoms with van der Waals surface area (Å²) in [6, 6.07) is 15.1. The number of halogens is 4. The summed E-state index contributed by atoms with van der Waals surface area (Å²) in [5, 5.41) is 9.05. The Morgan fingerprint density at radius 1 is 0.879 bits per heavy atom. The minimum atomic E-state index is -4.84. The molecule has 0 N–H and O–H groups in total. The largest absolute Gasteiger partial charge is 0.573 e. The summed E-state index contributed by atoms with van der Waals surface area (Å²) in [5.74, 6) is 0.126. The maximum Gasteiger partial charge on any atom is 0.573 e. The fourth-order valence-corrected chi connectivity index (χ4v) is 5.08. The average Bonchev–Trinajstić information content (AvgIpc) is 2.79. The predicted octanol–water partition coefficient (Wildman–Crippen LogP) is 4.21. The molecular formula is C21H18ClF3N4O3S. The third-order valence-corrected chi connectivity index (χ3v) is 7.30. The van der Waals surface area contributed by atoms with Crippen molar-refractivity contribution in [1.82, 2.24) is 14.5 Å². The van der Waals surface area contributed by atoms with Crippen molar-refractivity contribution in [3.63, 3.8) is 0 Å². The predicted molar refractivity (Wildman–Crippen MR) is 117 cm³/mol. The van der Waals surface area contributed by atoms with Crippen LogP contribution in [0.1, 0.15) is 0 Å². The van der Waals surface area contributed by atoms with Gasteiger partial charge in [0.15, 0.2) is 5.82 Å². The fourth-order valence-electron chi connectivity index (χ4n) is 3.43. The molecule has 0 atom stereocenters. The number of hydrogen-bond acceptors (Lipinski definition) is 6. The highest BCUT2D eigenvalue weighted by Crippen LogP contribution is 2.28. The van der Waals surface area contributed by atoms with Crippen molar-refractivity contribution in [2.45, 2.75) is 11.3 Å². The van der Waals surface area contributed by atoms with Gasteiger partial charge in [0.05, 0.1) is 15.6 Å². The minimum absolute atomic E-state index is 0.102. The van der Waals surface area contributed by atoms with Crippen LogP contribution in [-0.4, -0.2) is 55.5 Å². The van der Waals surface area contributed by atoms with E-state index in [-0.39, 0.29) is 18.0 Å². The maximum absolute atomic E-state index is 12.9. The number of hydrogen-bond donors (Lipinski definition) is 0. The molecule has 33 heavy (non-hydrogen) atoms. The van der Waals surface area contributed by atoms with E-state index in [1.807, 2.05) is 23.1 Å². The zero-order chi connectivity index (χ0) is 23.6. The van der Waals surface area contributed by atoms with Crippen LogP contribution in [0.2, 0.25) is 5.02 Å². The summed E-state index contributed by atoms with van der Waals surface area (Å²) in [4.78, 5) is 1.81. The van der Waals surface area contributed by atoms with Crippen LogP contribution in [0.15, 0.2) is 65.6 Å². The number of rotatable bonds is 5. The topological polar surface area (TPSA) is 75.6 Å². The zero-order valence-corrected chi connectivity index (χ0v) is 18.6. The van der Waals surface area contributed by atoms with Crippen LogP contribution in [0.3, 0.4) is 0 Å². The van der Waals surface area contributed by atoms with Gasteiger partial charge >= 0.3 is 6.36 Å². The van der Waals surface area contributed by atoms with Crippen molar-refractivity contribution in [1.29, 1.82) is 0 Å². The number of piperazine rings is 1. The summed E-state index contributed by atoms with van der Waals surface area (Å²) in [6.07, 6.45) is -4.84. The SMILES string of the molecule is O=S(=O)(c1ccc(OC(F)(F)F)cc1)N1CCN(c2ccc(-c3ccccc3Cl)nn2)CC1. The molecule has 1 saturated heterocycles. The molecule has 7 nitrogen and oxygen atoms in total. The van der Waals surface area contributed by atoms with Crippen molar-refractivity contribution >= 4 is 27.4 Å². The summed E-state index contributed by atoms with van der Waals surface area (Å²) >= 11 is 6.20. The number of alkyl halides is 3. The third kappa shape index (κ3) is 5.37. The van der Waals surface area contributed by atoms with Crippen LogP contribution >= 0.6 is 11.6 Å². The molecular weight excluding hydrogens is 481 g/mol. The number of anilines is 1. The molecule has 0 radical (unpaired) electrons. The molecule has 1 aliphatic rings. The van der Waals surface area contributed by atoms with E-state index >= 15 is 0 Å². The van der Waals surface area contributed by atoms with Crippen molar-refractivity contribution in [3.05, 3.63) is 65.7 Å². The van der Waals surface area contributed by atoms with Crippen LogP contribution in [0.5, 0.6) is 5.75 Å². The summed E-state index contributed by atoms with van der Waals surface area (Å²) in [6.45, 7) is 1.15. The van der Waals surface area contributed by atoms with Gasteiger partial charge in [-0.25, -0.2) is 8.42 Å². The quantitative estimate of drug-likeness (QED) is 0.524. The highest BCUT2D eigenvalue weighted by molar-refractivity contribution is 7.89. The number of ether oxygens (including phenoxy) is 1. The molecule has 174 valence electrons. The lowest BCUT2D eigenvalue weighted by Gasteiger charge is -2.34.